The van der Waals surface area contributed by atoms with Crippen LogP contribution < -0.4 is 15.5 Å². The molecule has 0 saturated heterocycles. The summed E-state index contributed by atoms with van der Waals surface area (Å²) >= 11 is 0. The lowest BCUT2D eigenvalue weighted by Gasteiger charge is -2.44. The summed E-state index contributed by atoms with van der Waals surface area (Å²) < 4.78 is 2.50. The fourth-order valence-electron chi connectivity index (χ4n) is 9.29. The van der Waals surface area contributed by atoms with E-state index in [1.807, 2.05) is 0 Å². The van der Waals surface area contributed by atoms with Crippen molar-refractivity contribution in [2.75, 3.05) is 15.5 Å². The zero-order chi connectivity index (χ0) is 32.8. The minimum absolute atomic E-state index is 0.0273. The molecule has 5 aromatic carbocycles. The van der Waals surface area contributed by atoms with Gasteiger partial charge in [0.05, 0.1) is 28.6 Å². The molecule has 2 N–H and O–H groups in total. The van der Waals surface area contributed by atoms with E-state index < -0.39 is 0 Å². The molecule has 2 aliphatic heterocycles. The summed E-state index contributed by atoms with van der Waals surface area (Å²) in [6.07, 6.45) is 19.7. The van der Waals surface area contributed by atoms with Crippen LogP contribution in [0.4, 0.5) is 17.1 Å². The fourth-order valence-corrected chi connectivity index (χ4v) is 9.29. The minimum atomic E-state index is -0.0465. The second-order valence-electron chi connectivity index (χ2n) is 14.2. The molecular weight excluding hydrogens is 609 g/mol. The summed E-state index contributed by atoms with van der Waals surface area (Å²) in [5, 5.41) is 12.1. The highest BCUT2D eigenvalue weighted by atomic mass is 15.3. The van der Waals surface area contributed by atoms with Crippen molar-refractivity contribution in [2.24, 2.45) is 11.8 Å². The maximum atomic E-state index is 4.06. The Hall–Kier alpha value is -6.00. The Morgan fingerprint density at radius 1 is 0.660 bits per heavy atom. The van der Waals surface area contributed by atoms with Gasteiger partial charge in [0.2, 0.25) is 0 Å². The van der Waals surface area contributed by atoms with E-state index in [-0.39, 0.29) is 18.1 Å². The molecule has 6 aromatic rings. The standard InChI is InChI=1S/C46H36N4/c1-2-15-33(16-3-1)49-41-25-24-30-13-6-7-17-34(30)44(41)37-27-36-35-18-8-11-21-40(35)50(42(36)28-43(37)49)46-45(47-38-19-9-10-20-39(38)48-46)32-23-22-29-12-4-5-14-31(29)26-32/h1-26,28-29,31,36,45-48H,27H2. The van der Waals surface area contributed by atoms with Crippen LogP contribution >= 0.6 is 0 Å². The highest BCUT2D eigenvalue weighted by Gasteiger charge is 2.45. The summed E-state index contributed by atoms with van der Waals surface area (Å²) in [6.45, 7) is 0. The van der Waals surface area contributed by atoms with Crippen LogP contribution in [-0.4, -0.2) is 16.8 Å². The third-order valence-electron chi connectivity index (χ3n) is 11.5. The zero-order valence-electron chi connectivity index (χ0n) is 27.6. The minimum Gasteiger partial charge on any atom is -0.373 e. The summed E-state index contributed by atoms with van der Waals surface area (Å²) in [5.74, 6) is 1.03. The molecule has 3 aliphatic carbocycles. The fraction of sp³-hybridized carbons (Fsp3) is 0.130. The molecule has 0 radical (unpaired) electrons. The second-order valence-corrected chi connectivity index (χ2v) is 14.2. The summed E-state index contributed by atoms with van der Waals surface area (Å²) in [4.78, 5) is 2.62. The van der Waals surface area contributed by atoms with Gasteiger partial charge in [0.15, 0.2) is 0 Å². The predicted molar refractivity (Wildman–Crippen MR) is 208 cm³/mol. The van der Waals surface area contributed by atoms with Crippen molar-refractivity contribution in [3.8, 4) is 5.69 Å². The first-order valence-corrected chi connectivity index (χ1v) is 17.9. The van der Waals surface area contributed by atoms with E-state index in [1.165, 1.54) is 61.1 Å². The van der Waals surface area contributed by atoms with Crippen molar-refractivity contribution in [1.82, 2.24) is 4.57 Å². The number of para-hydroxylation sites is 4. The zero-order valence-corrected chi connectivity index (χ0v) is 27.6. The Bertz CT molecular complexity index is 2510. The molecule has 4 nitrogen and oxygen atoms in total. The Morgan fingerprint density at radius 3 is 2.32 bits per heavy atom. The number of hydrogen-bond donors (Lipinski definition) is 2. The summed E-state index contributed by atoms with van der Waals surface area (Å²) in [5.41, 5.74) is 12.8. The van der Waals surface area contributed by atoms with E-state index in [1.54, 1.807) is 0 Å². The van der Waals surface area contributed by atoms with E-state index in [2.05, 4.69) is 184 Å². The number of nitrogens with one attached hydrogen (secondary N) is 2. The van der Waals surface area contributed by atoms with Gasteiger partial charge in [-0.25, -0.2) is 0 Å². The largest absolute Gasteiger partial charge is 0.373 e. The SMILES string of the molecule is C1=CC2C=CC(C3Nc4ccccc4NC3N3C4=Cc5c(c6c7ccccc7ccc6n5-c5ccccc5)CC4c4ccccc43)=CC2C=C1. The number of aromatic nitrogens is 1. The quantitative estimate of drug-likeness (QED) is 0.201. The van der Waals surface area contributed by atoms with Crippen molar-refractivity contribution in [1.29, 1.82) is 0 Å². The van der Waals surface area contributed by atoms with Crippen LogP contribution in [0.25, 0.3) is 33.4 Å². The van der Waals surface area contributed by atoms with Crippen LogP contribution in [0.2, 0.25) is 0 Å². The van der Waals surface area contributed by atoms with Crippen LogP contribution in [0.1, 0.15) is 22.7 Å². The number of rotatable bonds is 3. The Morgan fingerprint density at radius 2 is 1.42 bits per heavy atom. The van der Waals surface area contributed by atoms with Gasteiger partial charge < -0.3 is 20.1 Å². The molecule has 5 aliphatic rings. The number of allylic oxidation sites excluding steroid dienone is 7. The first-order chi connectivity index (χ1) is 24.8. The smallest absolute Gasteiger partial charge is 0.128 e. The van der Waals surface area contributed by atoms with Crippen LogP contribution in [0, 0.1) is 11.8 Å². The van der Waals surface area contributed by atoms with Crippen LogP contribution in [-0.2, 0) is 6.42 Å². The van der Waals surface area contributed by atoms with Gasteiger partial charge in [-0.1, -0.05) is 121 Å². The van der Waals surface area contributed by atoms with E-state index >= 15 is 0 Å². The number of anilines is 3. The Balaban J connectivity index is 1.14. The van der Waals surface area contributed by atoms with E-state index in [0.717, 1.165) is 17.8 Å². The molecule has 50 heavy (non-hydrogen) atoms. The summed E-state index contributed by atoms with van der Waals surface area (Å²) in [7, 11) is 0. The predicted octanol–water partition coefficient (Wildman–Crippen LogP) is 10.4. The third kappa shape index (κ3) is 4.05. The number of nitrogens with zero attached hydrogens (tertiary/aromatic N) is 2. The van der Waals surface area contributed by atoms with Gasteiger partial charge in [0, 0.05) is 40.2 Å². The van der Waals surface area contributed by atoms with Crippen molar-refractivity contribution in [3.05, 3.63) is 186 Å². The molecular formula is C46H36N4. The van der Waals surface area contributed by atoms with Crippen LogP contribution in [0.3, 0.4) is 0 Å². The lowest BCUT2D eigenvalue weighted by molar-refractivity contribution is 0.597. The second kappa shape index (κ2) is 10.8. The van der Waals surface area contributed by atoms with E-state index in [4.69, 9.17) is 0 Å². The highest BCUT2D eigenvalue weighted by molar-refractivity contribution is 6.11. The topological polar surface area (TPSA) is 32.2 Å². The van der Waals surface area contributed by atoms with Crippen molar-refractivity contribution in [3.63, 3.8) is 0 Å². The lowest BCUT2D eigenvalue weighted by atomic mass is 9.80. The monoisotopic (exact) mass is 644 g/mol. The maximum absolute atomic E-state index is 4.06. The van der Waals surface area contributed by atoms with Gasteiger partial charge in [0.1, 0.15) is 6.17 Å². The average molecular weight is 645 g/mol. The number of hydrogen-bond acceptors (Lipinski definition) is 3. The van der Waals surface area contributed by atoms with Gasteiger partial charge >= 0.3 is 0 Å². The Labute approximate surface area is 292 Å². The van der Waals surface area contributed by atoms with Gasteiger partial charge in [-0.2, -0.15) is 0 Å². The van der Waals surface area contributed by atoms with Crippen LogP contribution in [0.5, 0.6) is 0 Å². The molecule has 4 heteroatoms. The molecule has 0 fully saturated rings. The van der Waals surface area contributed by atoms with E-state index in [9.17, 15) is 0 Å². The maximum Gasteiger partial charge on any atom is 0.128 e. The normalized spacial score (nSPS) is 24.0. The summed E-state index contributed by atoms with van der Waals surface area (Å²) in [6, 6.07) is 42.1. The molecule has 5 atom stereocenters. The molecule has 0 spiro atoms. The molecule has 3 heterocycles. The first kappa shape index (κ1) is 27.9. The van der Waals surface area contributed by atoms with E-state index in [0.29, 0.717) is 11.8 Å². The number of fused-ring (bicyclic) bond motifs is 10. The molecule has 0 amide bonds. The van der Waals surface area contributed by atoms with Gasteiger partial charge in [-0.05, 0) is 76.4 Å². The average Bonchev–Trinajstić information content (AvgIpc) is 3.68. The molecule has 11 rings (SSSR count). The van der Waals surface area contributed by atoms with Gasteiger partial charge in [-0.15, -0.1) is 0 Å². The number of benzene rings is 5. The molecule has 240 valence electrons. The molecule has 5 unspecified atom stereocenters. The lowest BCUT2D eigenvalue weighted by Crippen LogP contribution is -2.54. The van der Waals surface area contributed by atoms with Crippen molar-refractivity contribution in [2.45, 2.75) is 24.5 Å². The Kier molecular flexibility index (Phi) is 6.00. The highest BCUT2D eigenvalue weighted by Crippen LogP contribution is 2.53. The molecule has 0 bridgehead atoms. The van der Waals surface area contributed by atoms with Gasteiger partial charge in [-0.3, -0.25) is 0 Å². The molecule has 0 saturated carbocycles. The van der Waals surface area contributed by atoms with Gasteiger partial charge in [0.25, 0.3) is 0 Å². The molecule has 1 aromatic heterocycles. The van der Waals surface area contributed by atoms with Crippen molar-refractivity contribution >= 4 is 44.8 Å². The van der Waals surface area contributed by atoms with Crippen LogP contribution in [0.15, 0.2) is 169 Å². The third-order valence-corrected chi connectivity index (χ3v) is 11.5. The van der Waals surface area contributed by atoms with Crippen molar-refractivity contribution < 1.29 is 0 Å². The first-order valence-electron chi connectivity index (χ1n) is 17.9.